The number of anilines is 1. The maximum absolute atomic E-state index is 12.1. The highest BCUT2D eigenvalue weighted by molar-refractivity contribution is 7.89. The third-order valence-corrected chi connectivity index (χ3v) is 4.30. The Labute approximate surface area is 116 Å². The molecule has 0 bridgehead atoms. The number of halogens is 1. The summed E-state index contributed by atoms with van der Waals surface area (Å²) in [6.45, 7) is 0.101. The van der Waals surface area contributed by atoms with E-state index in [2.05, 4.69) is 9.71 Å². The average Bonchev–Trinajstić information content (AvgIpc) is 2.37. The summed E-state index contributed by atoms with van der Waals surface area (Å²) in [7, 11) is -3.68. The van der Waals surface area contributed by atoms with E-state index < -0.39 is 10.0 Å². The number of nitrogens with two attached hydrogens (primary N) is 1. The van der Waals surface area contributed by atoms with Crippen LogP contribution >= 0.6 is 11.6 Å². The van der Waals surface area contributed by atoms with Crippen LogP contribution in [0.2, 0.25) is 5.02 Å². The Hall–Kier alpha value is -1.63. The van der Waals surface area contributed by atoms with E-state index in [1.165, 1.54) is 18.2 Å². The lowest BCUT2D eigenvalue weighted by Crippen LogP contribution is -2.24. The molecule has 0 aliphatic carbocycles. The molecule has 3 N–H and O–H groups in total. The van der Waals surface area contributed by atoms with Crippen LogP contribution in [0, 0.1) is 0 Å². The van der Waals surface area contributed by atoms with Crippen molar-refractivity contribution in [3.63, 3.8) is 0 Å². The minimum absolute atomic E-state index is 0.000650. The molecule has 7 heteroatoms. The van der Waals surface area contributed by atoms with Crippen molar-refractivity contribution in [3.8, 4) is 0 Å². The van der Waals surface area contributed by atoms with E-state index in [1.807, 2.05) is 0 Å². The molecule has 5 nitrogen and oxygen atoms in total. The smallest absolute Gasteiger partial charge is 0.242 e. The van der Waals surface area contributed by atoms with E-state index in [1.54, 1.807) is 24.4 Å². The van der Waals surface area contributed by atoms with Gasteiger partial charge in [0.15, 0.2) is 0 Å². The Morgan fingerprint density at radius 1 is 1.26 bits per heavy atom. The molecule has 0 spiro atoms. The number of pyridine rings is 1. The number of hydrogen-bond acceptors (Lipinski definition) is 4. The Bertz CT molecular complexity index is 675. The average molecular weight is 298 g/mol. The third-order valence-electron chi connectivity index (χ3n) is 2.41. The van der Waals surface area contributed by atoms with Crippen LogP contribution in [0.5, 0.6) is 0 Å². The number of hydrogen-bond donors (Lipinski definition) is 2. The van der Waals surface area contributed by atoms with Crippen LogP contribution in [-0.4, -0.2) is 13.4 Å². The zero-order valence-corrected chi connectivity index (χ0v) is 11.4. The molecule has 0 saturated carbocycles. The summed E-state index contributed by atoms with van der Waals surface area (Å²) in [6, 6.07) is 9.53. The first kappa shape index (κ1) is 13.8. The number of benzene rings is 1. The van der Waals surface area contributed by atoms with E-state index in [0.29, 0.717) is 11.4 Å². The molecule has 1 heterocycles. The minimum atomic E-state index is -3.68. The van der Waals surface area contributed by atoms with Gasteiger partial charge in [-0.05, 0) is 30.3 Å². The summed E-state index contributed by atoms with van der Waals surface area (Å²) >= 11 is 5.88. The van der Waals surface area contributed by atoms with Crippen molar-refractivity contribution in [3.05, 3.63) is 53.3 Å². The van der Waals surface area contributed by atoms with Crippen LogP contribution in [-0.2, 0) is 16.6 Å². The highest BCUT2D eigenvalue weighted by Crippen LogP contribution is 2.23. The van der Waals surface area contributed by atoms with Gasteiger partial charge in [-0.2, -0.15) is 0 Å². The van der Waals surface area contributed by atoms with Crippen molar-refractivity contribution in [1.82, 2.24) is 9.71 Å². The molecule has 1 aromatic heterocycles. The first-order chi connectivity index (χ1) is 8.99. The Balaban J connectivity index is 2.19. The van der Waals surface area contributed by atoms with Gasteiger partial charge in [0.1, 0.15) is 4.90 Å². The summed E-state index contributed by atoms with van der Waals surface area (Å²) in [4.78, 5) is 4.03. The first-order valence-corrected chi connectivity index (χ1v) is 7.30. The van der Waals surface area contributed by atoms with E-state index in [0.717, 1.165) is 0 Å². The van der Waals surface area contributed by atoms with Gasteiger partial charge < -0.3 is 5.73 Å². The van der Waals surface area contributed by atoms with E-state index in [-0.39, 0.29) is 16.5 Å². The second-order valence-electron chi connectivity index (χ2n) is 3.84. The Kier molecular flexibility index (Phi) is 4.04. The molecule has 2 rings (SSSR count). The number of rotatable bonds is 4. The number of aromatic nitrogens is 1. The minimum Gasteiger partial charge on any atom is -0.399 e. The molecule has 0 amide bonds. The number of nitrogens with zero attached hydrogens (tertiary/aromatic N) is 1. The maximum atomic E-state index is 12.1. The maximum Gasteiger partial charge on any atom is 0.242 e. The molecule has 2 aromatic rings. The lowest BCUT2D eigenvalue weighted by Gasteiger charge is -2.08. The largest absolute Gasteiger partial charge is 0.399 e. The standard InChI is InChI=1S/C12H12ClN3O2S/c13-11-7-9(14)4-5-12(11)19(17,18)16-8-10-3-1-2-6-15-10/h1-7,16H,8,14H2. The van der Waals surface area contributed by atoms with Crippen LogP contribution in [0.15, 0.2) is 47.5 Å². The van der Waals surface area contributed by atoms with Crippen molar-refractivity contribution in [2.75, 3.05) is 5.73 Å². The molecular formula is C12H12ClN3O2S. The van der Waals surface area contributed by atoms with E-state index >= 15 is 0 Å². The fourth-order valence-electron chi connectivity index (χ4n) is 1.48. The van der Waals surface area contributed by atoms with Gasteiger partial charge in [-0.3, -0.25) is 4.98 Å². The van der Waals surface area contributed by atoms with Crippen LogP contribution in [0.25, 0.3) is 0 Å². The zero-order chi connectivity index (χ0) is 13.9. The molecule has 0 saturated heterocycles. The fourth-order valence-corrected chi connectivity index (χ4v) is 3.03. The normalized spacial score (nSPS) is 11.4. The lowest BCUT2D eigenvalue weighted by atomic mass is 10.3. The van der Waals surface area contributed by atoms with Crippen LogP contribution in [0.1, 0.15) is 5.69 Å². The van der Waals surface area contributed by atoms with Crippen LogP contribution in [0.3, 0.4) is 0 Å². The highest BCUT2D eigenvalue weighted by atomic mass is 35.5. The topological polar surface area (TPSA) is 85.1 Å². The summed E-state index contributed by atoms with van der Waals surface area (Å²) in [5, 5.41) is 0.0912. The lowest BCUT2D eigenvalue weighted by molar-refractivity contribution is 0.580. The summed E-state index contributed by atoms with van der Waals surface area (Å²) in [5.74, 6) is 0. The molecule has 0 atom stereocenters. The van der Waals surface area contributed by atoms with Crippen LogP contribution in [0.4, 0.5) is 5.69 Å². The molecule has 0 aliphatic rings. The molecule has 0 fully saturated rings. The molecule has 0 radical (unpaired) electrons. The Morgan fingerprint density at radius 2 is 2.05 bits per heavy atom. The third kappa shape index (κ3) is 3.44. The molecule has 19 heavy (non-hydrogen) atoms. The second-order valence-corrected chi connectivity index (χ2v) is 5.98. The second kappa shape index (κ2) is 5.56. The number of nitrogen functional groups attached to an aromatic ring is 1. The SMILES string of the molecule is Nc1ccc(S(=O)(=O)NCc2ccccn2)c(Cl)c1. The molecular weight excluding hydrogens is 286 g/mol. The summed E-state index contributed by atoms with van der Waals surface area (Å²) in [6.07, 6.45) is 1.60. The van der Waals surface area contributed by atoms with Gasteiger partial charge in [-0.25, -0.2) is 13.1 Å². The van der Waals surface area contributed by atoms with E-state index in [4.69, 9.17) is 17.3 Å². The van der Waals surface area contributed by atoms with Gasteiger partial charge in [-0.1, -0.05) is 17.7 Å². The quantitative estimate of drug-likeness (QED) is 0.843. The van der Waals surface area contributed by atoms with Gasteiger partial charge in [0.05, 0.1) is 17.3 Å². The first-order valence-electron chi connectivity index (χ1n) is 5.43. The van der Waals surface area contributed by atoms with Gasteiger partial charge in [0.25, 0.3) is 0 Å². The fraction of sp³-hybridized carbons (Fsp3) is 0.0833. The van der Waals surface area contributed by atoms with Gasteiger partial charge in [0, 0.05) is 11.9 Å². The zero-order valence-electron chi connectivity index (χ0n) is 9.88. The number of nitrogens with one attached hydrogen (secondary N) is 1. The molecule has 0 aliphatic heterocycles. The van der Waals surface area contributed by atoms with Gasteiger partial charge in [-0.15, -0.1) is 0 Å². The van der Waals surface area contributed by atoms with Crippen molar-refractivity contribution in [1.29, 1.82) is 0 Å². The van der Waals surface area contributed by atoms with Crippen LogP contribution < -0.4 is 10.5 Å². The molecule has 0 unspecified atom stereocenters. The summed E-state index contributed by atoms with van der Waals surface area (Å²) in [5.41, 5.74) is 6.56. The van der Waals surface area contributed by atoms with E-state index in [9.17, 15) is 8.42 Å². The highest BCUT2D eigenvalue weighted by Gasteiger charge is 2.17. The molecule has 1 aromatic carbocycles. The predicted octanol–water partition coefficient (Wildman–Crippen LogP) is 1.80. The van der Waals surface area contributed by atoms with Gasteiger partial charge in [0.2, 0.25) is 10.0 Å². The number of sulfonamides is 1. The monoisotopic (exact) mass is 297 g/mol. The van der Waals surface area contributed by atoms with Crippen molar-refractivity contribution < 1.29 is 8.42 Å². The van der Waals surface area contributed by atoms with Crippen molar-refractivity contribution >= 4 is 27.3 Å². The predicted molar refractivity (Wildman–Crippen MR) is 74.1 cm³/mol. The van der Waals surface area contributed by atoms with Crippen molar-refractivity contribution in [2.45, 2.75) is 11.4 Å². The Morgan fingerprint density at radius 3 is 2.68 bits per heavy atom. The van der Waals surface area contributed by atoms with Gasteiger partial charge >= 0.3 is 0 Å². The van der Waals surface area contributed by atoms with Crippen molar-refractivity contribution in [2.24, 2.45) is 0 Å². The summed E-state index contributed by atoms with van der Waals surface area (Å²) < 4.78 is 26.6. The molecule has 100 valence electrons.